The summed E-state index contributed by atoms with van der Waals surface area (Å²) in [5.41, 5.74) is 2.71. The Morgan fingerprint density at radius 1 is 1.15 bits per heavy atom. The fraction of sp³-hybridized carbons (Fsp3) is 0.200. The number of benzene rings is 2. The molecule has 0 saturated carbocycles. The Bertz CT molecular complexity index is 974. The smallest absolute Gasteiger partial charge is 0.326 e. The number of carboxylic acid groups (broad SMARTS) is 1. The Labute approximate surface area is 166 Å². The number of hydrogen-bond donors (Lipinski definition) is 3. The number of carbonyl (C=O) groups is 2. The minimum Gasteiger partial charge on any atom is -0.480 e. The van der Waals surface area contributed by atoms with Crippen LogP contribution in [0, 0.1) is 5.92 Å². The number of aliphatic carboxylic acids is 1. The van der Waals surface area contributed by atoms with Crippen molar-refractivity contribution in [2.24, 2.45) is 5.92 Å². The third-order valence-corrected chi connectivity index (χ3v) is 5.61. The highest BCUT2D eigenvalue weighted by Gasteiger charge is 2.40. The van der Waals surface area contributed by atoms with Gasteiger partial charge in [-0.05, 0) is 48.4 Å². The zero-order chi connectivity index (χ0) is 19.1. The molecule has 1 amide bonds. The van der Waals surface area contributed by atoms with E-state index >= 15 is 0 Å². The fourth-order valence-corrected chi connectivity index (χ4v) is 4.28. The first-order valence-corrected chi connectivity index (χ1v) is 9.26. The Kier molecular flexibility index (Phi) is 4.58. The third kappa shape index (κ3) is 3.29. The average molecular weight is 403 g/mol. The molecule has 3 atom stereocenters. The molecule has 7 heteroatoms. The van der Waals surface area contributed by atoms with Crippen LogP contribution in [-0.4, -0.2) is 23.0 Å². The van der Waals surface area contributed by atoms with Crippen LogP contribution in [0.5, 0.6) is 0 Å². The molecule has 2 aromatic rings. The van der Waals surface area contributed by atoms with Crippen molar-refractivity contribution < 1.29 is 14.7 Å². The minimum atomic E-state index is -0.853. The molecule has 0 aromatic heterocycles. The van der Waals surface area contributed by atoms with Gasteiger partial charge in [-0.3, -0.25) is 4.79 Å². The second-order valence-corrected chi connectivity index (χ2v) is 7.54. The maximum atomic E-state index is 12.5. The molecule has 138 valence electrons. The highest BCUT2D eigenvalue weighted by atomic mass is 35.5. The summed E-state index contributed by atoms with van der Waals surface area (Å²) in [5, 5.41) is 16.2. The molecular weight excluding hydrogens is 387 g/mol. The van der Waals surface area contributed by atoms with Gasteiger partial charge in [0.25, 0.3) is 5.91 Å². The number of carbonyl (C=O) groups excluding carboxylic acids is 1. The summed E-state index contributed by atoms with van der Waals surface area (Å²) < 4.78 is 0. The van der Waals surface area contributed by atoms with E-state index in [2.05, 4.69) is 10.6 Å². The number of fused-ring (bicyclic) bond motifs is 3. The van der Waals surface area contributed by atoms with E-state index in [0.29, 0.717) is 22.7 Å². The predicted molar refractivity (Wildman–Crippen MR) is 106 cm³/mol. The molecule has 1 aliphatic heterocycles. The summed E-state index contributed by atoms with van der Waals surface area (Å²) in [4.78, 5) is 24.1. The minimum absolute atomic E-state index is 0.0123. The molecule has 1 aliphatic carbocycles. The normalized spacial score (nSPS) is 22.5. The Morgan fingerprint density at radius 3 is 2.70 bits per heavy atom. The van der Waals surface area contributed by atoms with Gasteiger partial charge in [0, 0.05) is 28.2 Å². The molecule has 0 spiro atoms. The maximum Gasteiger partial charge on any atom is 0.326 e. The zero-order valence-electron chi connectivity index (χ0n) is 14.1. The SMILES string of the molecule is O=C(Nc1ccc2c(c1)[C@@H]1C=CC[C@H]1[C@@H](C(=O)O)N2)c1ccc(Cl)cc1Cl. The van der Waals surface area contributed by atoms with Crippen LogP contribution in [0.2, 0.25) is 10.0 Å². The van der Waals surface area contributed by atoms with Crippen LogP contribution in [0.25, 0.3) is 0 Å². The summed E-state index contributed by atoms with van der Waals surface area (Å²) >= 11 is 12.0. The highest BCUT2D eigenvalue weighted by molar-refractivity contribution is 6.37. The van der Waals surface area contributed by atoms with Crippen LogP contribution in [0.3, 0.4) is 0 Å². The van der Waals surface area contributed by atoms with E-state index in [-0.39, 0.29) is 22.8 Å². The van der Waals surface area contributed by atoms with Crippen molar-refractivity contribution in [3.63, 3.8) is 0 Å². The number of hydrogen-bond acceptors (Lipinski definition) is 3. The molecule has 2 aliphatic rings. The summed E-state index contributed by atoms with van der Waals surface area (Å²) in [7, 11) is 0. The number of anilines is 2. The van der Waals surface area contributed by atoms with Crippen molar-refractivity contribution in [1.82, 2.24) is 0 Å². The molecule has 0 saturated heterocycles. The Balaban J connectivity index is 1.62. The molecule has 0 radical (unpaired) electrons. The van der Waals surface area contributed by atoms with Crippen LogP contribution >= 0.6 is 23.2 Å². The van der Waals surface area contributed by atoms with Crippen LogP contribution in [0.1, 0.15) is 28.3 Å². The molecule has 3 N–H and O–H groups in total. The number of nitrogens with one attached hydrogen (secondary N) is 2. The van der Waals surface area contributed by atoms with Crippen molar-refractivity contribution in [1.29, 1.82) is 0 Å². The van der Waals surface area contributed by atoms with Crippen LogP contribution < -0.4 is 10.6 Å². The molecule has 0 unspecified atom stereocenters. The van der Waals surface area contributed by atoms with E-state index in [4.69, 9.17) is 23.2 Å². The monoisotopic (exact) mass is 402 g/mol. The largest absolute Gasteiger partial charge is 0.480 e. The van der Waals surface area contributed by atoms with E-state index in [0.717, 1.165) is 11.3 Å². The molecule has 2 aromatic carbocycles. The van der Waals surface area contributed by atoms with Gasteiger partial charge in [-0.1, -0.05) is 35.4 Å². The predicted octanol–water partition coefficient (Wildman–Crippen LogP) is 4.78. The molecule has 0 bridgehead atoms. The van der Waals surface area contributed by atoms with Crippen molar-refractivity contribution >= 4 is 46.5 Å². The van der Waals surface area contributed by atoms with Crippen LogP contribution in [0.15, 0.2) is 48.6 Å². The summed E-state index contributed by atoms with van der Waals surface area (Å²) in [6.45, 7) is 0. The first-order chi connectivity index (χ1) is 12.9. The van der Waals surface area contributed by atoms with E-state index in [1.54, 1.807) is 24.3 Å². The van der Waals surface area contributed by atoms with E-state index in [1.165, 1.54) is 6.07 Å². The number of rotatable bonds is 3. The van der Waals surface area contributed by atoms with Crippen LogP contribution in [0.4, 0.5) is 11.4 Å². The fourth-order valence-electron chi connectivity index (χ4n) is 3.79. The zero-order valence-corrected chi connectivity index (χ0v) is 15.6. The van der Waals surface area contributed by atoms with Gasteiger partial charge in [-0.25, -0.2) is 4.79 Å². The molecule has 1 heterocycles. The Morgan fingerprint density at radius 2 is 1.96 bits per heavy atom. The summed E-state index contributed by atoms with van der Waals surface area (Å²) in [5.74, 6) is -1.21. The lowest BCUT2D eigenvalue weighted by molar-refractivity contribution is -0.139. The number of amides is 1. The molecule has 27 heavy (non-hydrogen) atoms. The average Bonchev–Trinajstić information content (AvgIpc) is 3.10. The van der Waals surface area contributed by atoms with Gasteiger partial charge in [0.2, 0.25) is 0 Å². The second-order valence-electron chi connectivity index (χ2n) is 6.69. The first-order valence-electron chi connectivity index (χ1n) is 8.50. The molecule has 0 fully saturated rings. The number of halogens is 2. The van der Waals surface area contributed by atoms with Gasteiger partial charge in [-0.2, -0.15) is 0 Å². The third-order valence-electron chi connectivity index (χ3n) is 5.06. The van der Waals surface area contributed by atoms with Gasteiger partial charge in [0.15, 0.2) is 0 Å². The highest BCUT2D eigenvalue weighted by Crippen LogP contribution is 2.45. The van der Waals surface area contributed by atoms with Gasteiger partial charge < -0.3 is 15.7 Å². The van der Waals surface area contributed by atoms with Crippen molar-refractivity contribution in [3.05, 3.63) is 69.7 Å². The van der Waals surface area contributed by atoms with E-state index in [9.17, 15) is 14.7 Å². The Hall–Kier alpha value is -2.50. The molecule has 4 rings (SSSR count). The van der Waals surface area contributed by atoms with Gasteiger partial charge >= 0.3 is 5.97 Å². The lowest BCUT2D eigenvalue weighted by Gasteiger charge is -2.35. The summed E-state index contributed by atoms with van der Waals surface area (Å²) in [6.07, 6.45) is 4.77. The number of carboxylic acids is 1. The van der Waals surface area contributed by atoms with E-state index < -0.39 is 12.0 Å². The van der Waals surface area contributed by atoms with Crippen molar-refractivity contribution in [2.75, 3.05) is 10.6 Å². The quantitative estimate of drug-likeness (QED) is 0.645. The maximum absolute atomic E-state index is 12.5. The van der Waals surface area contributed by atoms with Gasteiger partial charge in [-0.15, -0.1) is 0 Å². The first kappa shape index (κ1) is 17.9. The number of allylic oxidation sites excluding steroid dienone is 2. The lowest BCUT2D eigenvalue weighted by atomic mass is 9.79. The van der Waals surface area contributed by atoms with Gasteiger partial charge in [0.05, 0.1) is 10.6 Å². The van der Waals surface area contributed by atoms with Crippen molar-refractivity contribution in [3.8, 4) is 0 Å². The van der Waals surface area contributed by atoms with Crippen molar-refractivity contribution in [2.45, 2.75) is 18.4 Å². The van der Waals surface area contributed by atoms with Gasteiger partial charge in [0.1, 0.15) is 6.04 Å². The molecular formula is C20H16Cl2N2O3. The van der Waals surface area contributed by atoms with Crippen LogP contribution in [-0.2, 0) is 4.79 Å². The summed E-state index contributed by atoms with van der Waals surface area (Å²) in [6, 6.07) is 9.51. The molecule has 5 nitrogen and oxygen atoms in total. The standard InChI is InChI=1S/C20H16Cl2N2O3/c21-10-4-6-14(16(22)8-10)19(25)23-11-5-7-17-15(9-11)12-2-1-3-13(12)18(24-17)20(26)27/h1-2,4-9,12-13,18,24H,3H2,(H,23,25)(H,26,27)/t12-,13-,18+/m1/s1. The lowest BCUT2D eigenvalue weighted by Crippen LogP contribution is -2.41. The van der Waals surface area contributed by atoms with E-state index in [1.807, 2.05) is 18.2 Å². The second kappa shape index (κ2) is 6.91. The topological polar surface area (TPSA) is 78.4 Å².